The molecular formula is C11H23ClSi. The Balaban J connectivity index is 3.98. The van der Waals surface area contributed by atoms with Gasteiger partial charge in [0.25, 0.3) is 0 Å². The molecule has 0 radical (unpaired) electrons. The molecule has 0 rings (SSSR count). The van der Waals surface area contributed by atoms with Crippen LogP contribution in [0.4, 0.5) is 0 Å². The summed E-state index contributed by atoms with van der Waals surface area (Å²) in [7, 11) is -1.41. The van der Waals surface area contributed by atoms with Crippen LogP contribution in [0.15, 0.2) is 12.2 Å². The molecule has 0 aromatic carbocycles. The van der Waals surface area contributed by atoms with Crippen molar-refractivity contribution in [3.63, 3.8) is 0 Å². The fourth-order valence-electron chi connectivity index (χ4n) is 1.72. The lowest BCUT2D eigenvalue weighted by atomic mass is 10.2. The van der Waals surface area contributed by atoms with Crippen molar-refractivity contribution >= 4 is 18.5 Å². The summed E-state index contributed by atoms with van der Waals surface area (Å²) in [6.07, 6.45) is 6.83. The van der Waals surface area contributed by atoms with Crippen molar-refractivity contribution in [2.75, 3.05) is 0 Å². The van der Waals surface area contributed by atoms with Gasteiger partial charge in [-0.15, -0.1) is 0 Å². The van der Waals surface area contributed by atoms with E-state index in [-0.39, 0.29) is 0 Å². The van der Waals surface area contributed by atoms with Gasteiger partial charge >= 0.3 is 0 Å². The number of halogens is 1. The van der Waals surface area contributed by atoms with E-state index in [0.29, 0.717) is 0 Å². The van der Waals surface area contributed by atoms with Crippen molar-refractivity contribution in [3.05, 3.63) is 12.2 Å². The smallest absolute Gasteiger partial charge is 0.158 e. The molecule has 1 unspecified atom stereocenters. The summed E-state index contributed by atoms with van der Waals surface area (Å²) in [5.41, 5.74) is 0.750. The van der Waals surface area contributed by atoms with Crippen molar-refractivity contribution in [1.29, 1.82) is 0 Å². The highest BCUT2D eigenvalue weighted by Crippen LogP contribution is 2.36. The van der Waals surface area contributed by atoms with E-state index in [1.807, 2.05) is 0 Å². The zero-order chi connectivity index (χ0) is 10.3. The maximum atomic E-state index is 6.65. The van der Waals surface area contributed by atoms with Crippen LogP contribution in [0.3, 0.4) is 0 Å². The van der Waals surface area contributed by atoms with E-state index in [1.165, 1.54) is 24.9 Å². The highest BCUT2D eigenvalue weighted by atomic mass is 35.6. The second kappa shape index (κ2) is 6.66. The zero-order valence-corrected chi connectivity index (χ0v) is 11.2. The van der Waals surface area contributed by atoms with E-state index in [0.717, 1.165) is 5.54 Å². The zero-order valence-electron chi connectivity index (χ0n) is 9.44. The van der Waals surface area contributed by atoms with Crippen LogP contribution < -0.4 is 0 Å². The van der Waals surface area contributed by atoms with Crippen molar-refractivity contribution in [2.45, 2.75) is 58.2 Å². The Kier molecular flexibility index (Phi) is 6.79. The first kappa shape index (κ1) is 13.2. The van der Waals surface area contributed by atoms with Crippen LogP contribution in [0.1, 0.15) is 40.5 Å². The van der Waals surface area contributed by atoms with E-state index < -0.39 is 7.38 Å². The van der Waals surface area contributed by atoms with Crippen LogP contribution in [0.2, 0.25) is 17.6 Å². The minimum atomic E-state index is -1.41. The topological polar surface area (TPSA) is 0 Å². The molecule has 0 spiro atoms. The predicted molar refractivity (Wildman–Crippen MR) is 66.0 cm³/mol. The number of allylic oxidation sites excluding steroid dienone is 2. The Morgan fingerprint density at radius 3 is 2.23 bits per heavy atom. The summed E-state index contributed by atoms with van der Waals surface area (Å²) in [4.78, 5) is 0. The van der Waals surface area contributed by atoms with Gasteiger partial charge < -0.3 is 0 Å². The Morgan fingerprint density at radius 1 is 1.31 bits per heavy atom. The minimum Gasteiger partial charge on any atom is -0.167 e. The fraction of sp³-hybridized carbons (Fsp3) is 0.818. The summed E-state index contributed by atoms with van der Waals surface area (Å²) in [6, 6.07) is 2.42. The lowest BCUT2D eigenvalue weighted by Crippen LogP contribution is -2.30. The molecule has 2 heteroatoms. The van der Waals surface area contributed by atoms with E-state index in [1.54, 1.807) is 0 Å². The van der Waals surface area contributed by atoms with E-state index in [9.17, 15) is 0 Å². The molecule has 0 saturated heterocycles. The molecular weight excluding hydrogens is 196 g/mol. The maximum Gasteiger partial charge on any atom is 0.158 e. The van der Waals surface area contributed by atoms with Crippen molar-refractivity contribution in [2.24, 2.45) is 0 Å². The molecule has 0 aromatic heterocycles. The summed E-state index contributed by atoms with van der Waals surface area (Å²) in [6.45, 7) is 8.90. The highest BCUT2D eigenvalue weighted by Gasteiger charge is 2.32. The Labute approximate surface area is 89.1 Å². The number of hydrogen-bond donors (Lipinski definition) is 0. The third kappa shape index (κ3) is 4.32. The minimum absolute atomic E-state index is 0.750. The normalized spacial score (nSPS) is 15.2. The fourth-order valence-corrected chi connectivity index (χ4v) is 4.62. The van der Waals surface area contributed by atoms with Crippen LogP contribution in [0.25, 0.3) is 0 Å². The molecule has 0 aliphatic heterocycles. The van der Waals surface area contributed by atoms with Gasteiger partial charge in [0.1, 0.15) is 0 Å². The lowest BCUT2D eigenvalue weighted by Gasteiger charge is -2.28. The van der Waals surface area contributed by atoms with Crippen molar-refractivity contribution < 1.29 is 0 Å². The number of hydrogen-bond acceptors (Lipinski definition) is 0. The van der Waals surface area contributed by atoms with Gasteiger partial charge in [-0.2, -0.15) is 11.1 Å². The Hall–Kier alpha value is 0.247. The van der Waals surface area contributed by atoms with Crippen molar-refractivity contribution in [3.8, 4) is 0 Å². The highest BCUT2D eigenvalue weighted by molar-refractivity contribution is 7.21. The molecule has 13 heavy (non-hydrogen) atoms. The molecule has 0 fully saturated rings. The molecule has 0 aromatic rings. The first-order chi connectivity index (χ1) is 6.10. The van der Waals surface area contributed by atoms with Gasteiger partial charge in [0, 0.05) is 0 Å². The monoisotopic (exact) mass is 218 g/mol. The average molecular weight is 219 g/mol. The van der Waals surface area contributed by atoms with E-state index in [4.69, 9.17) is 11.1 Å². The summed E-state index contributed by atoms with van der Waals surface area (Å²) < 4.78 is 0. The third-order valence-corrected chi connectivity index (χ3v) is 10.2. The molecule has 0 amide bonds. The second-order valence-corrected chi connectivity index (χ2v) is 10.5. The second-order valence-electron chi connectivity index (χ2n) is 3.79. The van der Waals surface area contributed by atoms with Gasteiger partial charge in [-0.1, -0.05) is 32.9 Å². The summed E-state index contributed by atoms with van der Waals surface area (Å²) >= 11 is 6.65. The Morgan fingerprint density at radius 2 is 1.85 bits per heavy atom. The molecule has 0 aliphatic carbocycles. The first-order valence-corrected chi connectivity index (χ1v) is 8.91. The molecule has 0 bridgehead atoms. The first-order valence-electron chi connectivity index (χ1n) is 5.40. The number of rotatable bonds is 6. The molecule has 78 valence electrons. The average Bonchev–Trinajstić information content (AvgIpc) is 2.17. The standard InChI is InChI=1S/C11H23ClSi/c1-5-8-9-10-11(4)13(12,6-2)7-3/h5,8,11H,6-7,9-10H2,1-4H3. The van der Waals surface area contributed by atoms with E-state index in [2.05, 4.69) is 39.8 Å². The SMILES string of the molecule is CC=CCCC(C)[Si](Cl)(CC)CC. The lowest BCUT2D eigenvalue weighted by molar-refractivity contribution is 0.779. The van der Waals surface area contributed by atoms with Crippen LogP contribution in [0.5, 0.6) is 0 Å². The van der Waals surface area contributed by atoms with E-state index >= 15 is 0 Å². The summed E-state index contributed by atoms with van der Waals surface area (Å²) in [5.74, 6) is 0. The quantitative estimate of drug-likeness (QED) is 0.336. The predicted octanol–water partition coefficient (Wildman–Crippen LogP) is 4.96. The van der Waals surface area contributed by atoms with Crippen LogP contribution >= 0.6 is 11.1 Å². The van der Waals surface area contributed by atoms with Gasteiger partial charge in [0.05, 0.1) is 0 Å². The molecule has 0 saturated carbocycles. The van der Waals surface area contributed by atoms with Gasteiger partial charge in [-0.3, -0.25) is 0 Å². The van der Waals surface area contributed by atoms with Gasteiger partial charge in [-0.05, 0) is 37.4 Å². The molecule has 0 aliphatic rings. The largest absolute Gasteiger partial charge is 0.167 e. The molecule has 0 N–H and O–H groups in total. The molecule has 1 atom stereocenters. The van der Waals surface area contributed by atoms with Crippen LogP contribution in [0, 0.1) is 0 Å². The van der Waals surface area contributed by atoms with Gasteiger partial charge in [0.15, 0.2) is 7.38 Å². The molecule has 0 heterocycles. The van der Waals surface area contributed by atoms with Crippen LogP contribution in [-0.2, 0) is 0 Å². The van der Waals surface area contributed by atoms with Gasteiger partial charge in [-0.25, -0.2) is 0 Å². The Bertz CT molecular complexity index is 150. The van der Waals surface area contributed by atoms with Crippen molar-refractivity contribution in [1.82, 2.24) is 0 Å². The third-order valence-electron chi connectivity index (χ3n) is 3.06. The van der Waals surface area contributed by atoms with Gasteiger partial charge in [0.2, 0.25) is 0 Å². The maximum absolute atomic E-state index is 6.65. The molecule has 0 nitrogen and oxygen atoms in total. The van der Waals surface area contributed by atoms with Crippen LogP contribution in [-0.4, -0.2) is 7.38 Å². The summed E-state index contributed by atoms with van der Waals surface area (Å²) in [5, 5.41) is 0.